The van der Waals surface area contributed by atoms with Gasteiger partial charge in [0, 0.05) is 13.0 Å². The standard InChI is InChI=1S/C23H32N4O3S/c1-13(15-6-8-16(9-7-15)19-14(2)25-12-31-19)26-21(29)18-10-17(28)11-27(18)22(30)20(24)23(3,4)5/h6-9,12-13,17-18,20,28H,10-11,24H2,1-5H3,(H,26,29)/t13-,17-,18?,20-/m0/s1. The Labute approximate surface area is 187 Å². The third-order valence-electron chi connectivity index (χ3n) is 5.84. The van der Waals surface area contributed by atoms with Gasteiger partial charge in [0.05, 0.1) is 34.3 Å². The third kappa shape index (κ3) is 5.14. The molecule has 1 aromatic carbocycles. The van der Waals surface area contributed by atoms with Crippen LogP contribution in [0.3, 0.4) is 0 Å². The number of aromatic nitrogens is 1. The molecule has 0 aliphatic carbocycles. The SMILES string of the molecule is Cc1ncsc1-c1ccc([C@H](C)NC(=O)C2C[C@H](O)CN2C(=O)[C@H](N)C(C)(C)C)cc1. The normalized spacial score (nSPS) is 21.1. The van der Waals surface area contributed by atoms with Crippen LogP contribution < -0.4 is 11.1 Å². The quantitative estimate of drug-likeness (QED) is 0.657. The highest BCUT2D eigenvalue weighted by Gasteiger charge is 2.42. The number of likely N-dealkylation sites (tertiary alicyclic amines) is 1. The number of carbonyl (C=O) groups excluding carboxylic acids is 2. The molecule has 1 aliphatic rings. The predicted octanol–water partition coefficient (Wildman–Crippen LogP) is 2.63. The van der Waals surface area contributed by atoms with Crippen LogP contribution in [0.5, 0.6) is 0 Å². The molecule has 1 aromatic heterocycles. The number of carbonyl (C=O) groups is 2. The zero-order valence-electron chi connectivity index (χ0n) is 18.8. The first-order valence-electron chi connectivity index (χ1n) is 10.5. The summed E-state index contributed by atoms with van der Waals surface area (Å²) in [6.07, 6.45) is -0.519. The number of aliphatic hydroxyl groups excluding tert-OH is 1. The molecule has 4 atom stereocenters. The molecule has 1 saturated heterocycles. The van der Waals surface area contributed by atoms with Crippen molar-refractivity contribution < 1.29 is 14.7 Å². The second kappa shape index (κ2) is 9.06. The van der Waals surface area contributed by atoms with Crippen molar-refractivity contribution in [2.45, 2.75) is 65.3 Å². The monoisotopic (exact) mass is 444 g/mol. The molecule has 0 saturated carbocycles. The third-order valence-corrected chi connectivity index (χ3v) is 6.82. The van der Waals surface area contributed by atoms with Crippen molar-refractivity contribution in [3.05, 3.63) is 41.0 Å². The first-order chi connectivity index (χ1) is 14.5. The van der Waals surface area contributed by atoms with E-state index in [1.54, 1.807) is 11.3 Å². The van der Waals surface area contributed by atoms with E-state index in [0.29, 0.717) is 0 Å². The molecule has 0 spiro atoms. The number of nitrogens with two attached hydrogens (primary N) is 1. The van der Waals surface area contributed by atoms with Gasteiger partial charge in [0.25, 0.3) is 0 Å². The molecule has 31 heavy (non-hydrogen) atoms. The molecule has 8 heteroatoms. The van der Waals surface area contributed by atoms with Gasteiger partial charge in [-0.1, -0.05) is 45.0 Å². The molecular weight excluding hydrogens is 412 g/mol. The summed E-state index contributed by atoms with van der Waals surface area (Å²) in [5, 5.41) is 13.1. The van der Waals surface area contributed by atoms with Gasteiger partial charge >= 0.3 is 0 Å². The molecule has 1 unspecified atom stereocenters. The molecule has 4 N–H and O–H groups in total. The molecule has 0 radical (unpaired) electrons. The maximum Gasteiger partial charge on any atom is 0.243 e. The Bertz CT molecular complexity index is 935. The summed E-state index contributed by atoms with van der Waals surface area (Å²) in [6, 6.07) is 6.32. The van der Waals surface area contributed by atoms with E-state index in [9.17, 15) is 14.7 Å². The highest BCUT2D eigenvalue weighted by Crippen LogP contribution is 2.29. The Morgan fingerprint density at radius 1 is 1.29 bits per heavy atom. The summed E-state index contributed by atoms with van der Waals surface area (Å²) >= 11 is 1.60. The molecule has 0 bridgehead atoms. The van der Waals surface area contributed by atoms with Crippen molar-refractivity contribution in [3.63, 3.8) is 0 Å². The number of nitrogens with one attached hydrogen (secondary N) is 1. The minimum absolute atomic E-state index is 0.123. The van der Waals surface area contributed by atoms with Crippen LogP contribution in [0.2, 0.25) is 0 Å². The van der Waals surface area contributed by atoms with Gasteiger partial charge in [0.1, 0.15) is 6.04 Å². The van der Waals surface area contributed by atoms with Crippen molar-refractivity contribution in [2.75, 3.05) is 6.54 Å². The average Bonchev–Trinajstić information content (AvgIpc) is 3.31. The summed E-state index contributed by atoms with van der Waals surface area (Å²) in [7, 11) is 0. The molecule has 2 heterocycles. The number of hydrogen-bond donors (Lipinski definition) is 3. The van der Waals surface area contributed by atoms with Crippen molar-refractivity contribution in [1.82, 2.24) is 15.2 Å². The van der Waals surface area contributed by atoms with Crippen LogP contribution >= 0.6 is 11.3 Å². The lowest BCUT2D eigenvalue weighted by Crippen LogP contribution is -2.55. The number of aliphatic hydroxyl groups is 1. The summed E-state index contributed by atoms with van der Waals surface area (Å²) in [5.41, 5.74) is 10.6. The van der Waals surface area contributed by atoms with Gasteiger partial charge in [0.2, 0.25) is 11.8 Å². The van der Waals surface area contributed by atoms with Crippen molar-refractivity contribution in [3.8, 4) is 10.4 Å². The topological polar surface area (TPSA) is 109 Å². The Morgan fingerprint density at radius 3 is 2.48 bits per heavy atom. The number of benzene rings is 1. The average molecular weight is 445 g/mol. The van der Waals surface area contributed by atoms with E-state index in [-0.39, 0.29) is 30.8 Å². The number of amides is 2. The zero-order chi connectivity index (χ0) is 22.9. The summed E-state index contributed by atoms with van der Waals surface area (Å²) < 4.78 is 0. The Balaban J connectivity index is 1.69. The van der Waals surface area contributed by atoms with E-state index in [2.05, 4.69) is 10.3 Å². The first kappa shape index (κ1) is 23.4. The number of rotatable bonds is 5. The molecule has 3 rings (SSSR count). The highest BCUT2D eigenvalue weighted by atomic mass is 32.1. The number of aryl methyl sites for hydroxylation is 1. The lowest BCUT2D eigenvalue weighted by Gasteiger charge is -2.32. The van der Waals surface area contributed by atoms with Gasteiger partial charge < -0.3 is 21.1 Å². The number of nitrogens with zero attached hydrogens (tertiary/aromatic N) is 2. The van der Waals surface area contributed by atoms with Crippen LogP contribution in [0.1, 0.15) is 51.4 Å². The predicted molar refractivity (Wildman–Crippen MR) is 122 cm³/mol. The highest BCUT2D eigenvalue weighted by molar-refractivity contribution is 7.13. The van der Waals surface area contributed by atoms with E-state index in [0.717, 1.165) is 21.7 Å². The summed E-state index contributed by atoms with van der Waals surface area (Å²) in [4.78, 5) is 32.7. The van der Waals surface area contributed by atoms with Crippen LogP contribution in [-0.2, 0) is 9.59 Å². The molecule has 1 fully saturated rings. The summed E-state index contributed by atoms with van der Waals surface area (Å²) in [6.45, 7) is 9.67. The van der Waals surface area contributed by atoms with E-state index in [4.69, 9.17) is 5.73 Å². The van der Waals surface area contributed by atoms with Crippen LogP contribution in [-0.4, -0.2) is 51.5 Å². The van der Waals surface area contributed by atoms with Gasteiger partial charge in [0.15, 0.2) is 0 Å². The van der Waals surface area contributed by atoms with Crippen LogP contribution in [0.25, 0.3) is 10.4 Å². The molecule has 2 aromatic rings. The molecular formula is C23H32N4O3S. The Morgan fingerprint density at radius 2 is 1.94 bits per heavy atom. The van der Waals surface area contributed by atoms with Crippen molar-refractivity contribution in [1.29, 1.82) is 0 Å². The summed E-state index contributed by atoms with van der Waals surface area (Å²) in [5.74, 6) is -0.581. The van der Waals surface area contributed by atoms with Crippen LogP contribution in [0.4, 0.5) is 0 Å². The molecule has 168 valence electrons. The van der Waals surface area contributed by atoms with Crippen LogP contribution in [0, 0.1) is 12.3 Å². The zero-order valence-corrected chi connectivity index (χ0v) is 19.6. The maximum atomic E-state index is 13.0. The fraction of sp³-hybridized carbons (Fsp3) is 0.522. The number of thiazole rings is 1. The van der Waals surface area contributed by atoms with Gasteiger partial charge in [-0.25, -0.2) is 4.98 Å². The minimum atomic E-state index is -0.742. The van der Waals surface area contributed by atoms with E-state index >= 15 is 0 Å². The first-order valence-corrected chi connectivity index (χ1v) is 11.4. The van der Waals surface area contributed by atoms with E-state index in [1.165, 1.54) is 4.90 Å². The molecule has 1 aliphatic heterocycles. The Kier molecular flexibility index (Phi) is 6.83. The van der Waals surface area contributed by atoms with Crippen molar-refractivity contribution >= 4 is 23.2 Å². The number of β-amino-alcohol motifs (C(OH)–C–C–N with tert-alkyl or cyclic N) is 1. The molecule has 7 nitrogen and oxygen atoms in total. The van der Waals surface area contributed by atoms with Gasteiger partial charge in [-0.05, 0) is 30.4 Å². The smallest absolute Gasteiger partial charge is 0.243 e. The fourth-order valence-electron chi connectivity index (χ4n) is 3.75. The second-order valence-electron chi connectivity index (χ2n) is 9.36. The van der Waals surface area contributed by atoms with Gasteiger partial charge in [-0.3, -0.25) is 9.59 Å². The molecule has 2 amide bonds. The number of hydrogen-bond acceptors (Lipinski definition) is 6. The van der Waals surface area contributed by atoms with E-state index in [1.807, 2.05) is 64.4 Å². The van der Waals surface area contributed by atoms with E-state index < -0.39 is 23.6 Å². The van der Waals surface area contributed by atoms with Gasteiger partial charge in [-0.2, -0.15) is 0 Å². The minimum Gasteiger partial charge on any atom is -0.391 e. The lowest BCUT2D eigenvalue weighted by atomic mass is 9.86. The maximum absolute atomic E-state index is 13.0. The largest absolute Gasteiger partial charge is 0.391 e. The van der Waals surface area contributed by atoms with Crippen LogP contribution in [0.15, 0.2) is 29.8 Å². The van der Waals surface area contributed by atoms with Gasteiger partial charge in [-0.15, -0.1) is 11.3 Å². The second-order valence-corrected chi connectivity index (χ2v) is 10.2. The Hall–Kier alpha value is -2.29. The fourth-order valence-corrected chi connectivity index (χ4v) is 4.56. The lowest BCUT2D eigenvalue weighted by molar-refractivity contribution is -0.141. The van der Waals surface area contributed by atoms with Crippen molar-refractivity contribution in [2.24, 2.45) is 11.1 Å².